The second kappa shape index (κ2) is 5.27. The number of anilines is 1. The van der Waals surface area contributed by atoms with Gasteiger partial charge in [0.25, 0.3) is 0 Å². The van der Waals surface area contributed by atoms with Gasteiger partial charge in [-0.05, 0) is 26.8 Å². The van der Waals surface area contributed by atoms with E-state index in [-0.39, 0.29) is 0 Å². The van der Waals surface area contributed by atoms with E-state index >= 15 is 0 Å². The smallest absolute Gasteiger partial charge is 0.148 e. The zero-order chi connectivity index (χ0) is 13.1. The summed E-state index contributed by atoms with van der Waals surface area (Å²) in [7, 11) is 0. The van der Waals surface area contributed by atoms with Crippen LogP contribution in [0.15, 0.2) is 12.3 Å². The van der Waals surface area contributed by atoms with E-state index in [1.807, 2.05) is 26.8 Å². The number of rotatable bonds is 3. The van der Waals surface area contributed by atoms with E-state index in [0.717, 1.165) is 17.2 Å². The van der Waals surface area contributed by atoms with Crippen LogP contribution in [0.1, 0.15) is 23.0 Å². The fourth-order valence-corrected chi connectivity index (χ4v) is 1.78. The molecule has 0 aliphatic heterocycles. The number of hydrogen-bond donors (Lipinski definition) is 1. The van der Waals surface area contributed by atoms with E-state index in [2.05, 4.69) is 25.3 Å². The molecule has 0 aliphatic carbocycles. The van der Waals surface area contributed by atoms with Crippen LogP contribution in [-0.2, 0) is 6.54 Å². The first-order valence-corrected chi connectivity index (χ1v) is 5.96. The van der Waals surface area contributed by atoms with Gasteiger partial charge in [0.2, 0.25) is 0 Å². The summed E-state index contributed by atoms with van der Waals surface area (Å²) in [5.41, 5.74) is 1.90. The van der Waals surface area contributed by atoms with Crippen LogP contribution in [0.25, 0.3) is 0 Å². The Bertz CT molecular complexity index is 550. The van der Waals surface area contributed by atoms with Crippen molar-refractivity contribution >= 4 is 17.4 Å². The van der Waals surface area contributed by atoms with Crippen molar-refractivity contribution in [3.63, 3.8) is 0 Å². The number of hydrogen-bond acceptors (Lipinski definition) is 5. The lowest BCUT2D eigenvalue weighted by Gasteiger charge is -2.07. The lowest BCUT2D eigenvalue weighted by atomic mass is 10.3. The largest absolute Gasteiger partial charge is 0.361 e. The summed E-state index contributed by atoms with van der Waals surface area (Å²) in [5, 5.41) is 3.61. The Balaban J connectivity index is 2.13. The monoisotopic (exact) mass is 263 g/mol. The number of halogens is 1. The number of nitrogens with zero attached hydrogens (tertiary/aromatic N) is 4. The fraction of sp³-hybridized carbons (Fsp3) is 0.333. The van der Waals surface area contributed by atoms with Crippen molar-refractivity contribution in [1.82, 2.24) is 19.9 Å². The van der Waals surface area contributed by atoms with Gasteiger partial charge in [-0.1, -0.05) is 11.6 Å². The van der Waals surface area contributed by atoms with Crippen LogP contribution in [0.2, 0.25) is 5.02 Å². The van der Waals surface area contributed by atoms with Gasteiger partial charge >= 0.3 is 0 Å². The van der Waals surface area contributed by atoms with Gasteiger partial charge in [-0.3, -0.25) is 0 Å². The van der Waals surface area contributed by atoms with Crippen molar-refractivity contribution in [2.75, 3.05) is 5.32 Å². The molecule has 0 radical (unpaired) electrons. The molecule has 2 heterocycles. The van der Waals surface area contributed by atoms with Gasteiger partial charge < -0.3 is 5.32 Å². The van der Waals surface area contributed by atoms with E-state index in [9.17, 15) is 0 Å². The number of nitrogens with one attached hydrogen (secondary N) is 1. The molecule has 0 amide bonds. The normalized spacial score (nSPS) is 10.4. The topological polar surface area (TPSA) is 63.6 Å². The standard InChI is InChI=1S/C12H14ClN5/c1-7-4-8(2)17-11(16-7)6-15-12-10(13)5-14-9(3)18-12/h4-5H,6H2,1-3H3,(H,14,15,18). The minimum Gasteiger partial charge on any atom is -0.361 e. The zero-order valence-corrected chi connectivity index (χ0v) is 11.3. The highest BCUT2D eigenvalue weighted by atomic mass is 35.5. The van der Waals surface area contributed by atoms with Crippen LogP contribution in [0.4, 0.5) is 5.82 Å². The summed E-state index contributed by atoms with van der Waals surface area (Å²) < 4.78 is 0. The summed E-state index contributed by atoms with van der Waals surface area (Å²) in [6.45, 7) is 6.19. The van der Waals surface area contributed by atoms with E-state index in [0.29, 0.717) is 23.2 Å². The third-order valence-electron chi connectivity index (χ3n) is 2.31. The first-order valence-electron chi connectivity index (χ1n) is 5.59. The zero-order valence-electron chi connectivity index (χ0n) is 10.5. The second-order valence-electron chi connectivity index (χ2n) is 4.03. The molecule has 94 valence electrons. The highest BCUT2D eigenvalue weighted by molar-refractivity contribution is 6.32. The molecular weight excluding hydrogens is 250 g/mol. The molecule has 0 bridgehead atoms. The van der Waals surface area contributed by atoms with Gasteiger partial charge in [-0.25, -0.2) is 19.9 Å². The lowest BCUT2D eigenvalue weighted by molar-refractivity contribution is 0.895. The van der Waals surface area contributed by atoms with Crippen LogP contribution < -0.4 is 5.32 Å². The molecular formula is C12H14ClN5. The highest BCUT2D eigenvalue weighted by Crippen LogP contribution is 2.17. The first-order chi connectivity index (χ1) is 8.54. The Labute approximate surface area is 111 Å². The van der Waals surface area contributed by atoms with Crippen molar-refractivity contribution < 1.29 is 0 Å². The highest BCUT2D eigenvalue weighted by Gasteiger charge is 2.05. The summed E-state index contributed by atoms with van der Waals surface area (Å²) in [6.07, 6.45) is 1.58. The van der Waals surface area contributed by atoms with E-state index in [1.165, 1.54) is 0 Å². The van der Waals surface area contributed by atoms with Crippen molar-refractivity contribution in [3.8, 4) is 0 Å². The van der Waals surface area contributed by atoms with Gasteiger partial charge in [-0.15, -0.1) is 0 Å². The molecule has 0 aliphatic rings. The van der Waals surface area contributed by atoms with E-state index in [4.69, 9.17) is 11.6 Å². The quantitative estimate of drug-likeness (QED) is 0.922. The molecule has 0 unspecified atom stereocenters. The third kappa shape index (κ3) is 3.13. The average Bonchev–Trinajstić information content (AvgIpc) is 2.29. The lowest BCUT2D eigenvalue weighted by Crippen LogP contribution is -2.08. The van der Waals surface area contributed by atoms with Crippen LogP contribution in [0.3, 0.4) is 0 Å². The summed E-state index contributed by atoms with van der Waals surface area (Å²) >= 11 is 6.00. The Morgan fingerprint density at radius 2 is 1.78 bits per heavy atom. The van der Waals surface area contributed by atoms with Crippen LogP contribution >= 0.6 is 11.6 Å². The molecule has 6 heteroatoms. The van der Waals surface area contributed by atoms with Crippen LogP contribution in [0, 0.1) is 20.8 Å². The minimum atomic E-state index is 0.485. The number of aryl methyl sites for hydroxylation is 3. The van der Waals surface area contributed by atoms with Crippen molar-refractivity contribution in [3.05, 3.63) is 40.3 Å². The molecule has 2 aromatic rings. The van der Waals surface area contributed by atoms with E-state index in [1.54, 1.807) is 6.20 Å². The molecule has 0 saturated carbocycles. The van der Waals surface area contributed by atoms with Gasteiger partial charge in [0.15, 0.2) is 0 Å². The second-order valence-corrected chi connectivity index (χ2v) is 4.44. The van der Waals surface area contributed by atoms with Crippen LogP contribution in [0.5, 0.6) is 0 Å². The van der Waals surface area contributed by atoms with Gasteiger partial charge in [0.05, 0.1) is 12.7 Å². The predicted molar refractivity (Wildman–Crippen MR) is 70.6 cm³/mol. The molecule has 0 aromatic carbocycles. The summed E-state index contributed by atoms with van der Waals surface area (Å²) in [5.74, 6) is 2.00. The summed E-state index contributed by atoms with van der Waals surface area (Å²) in [6, 6.07) is 1.94. The Kier molecular flexibility index (Phi) is 3.72. The average molecular weight is 264 g/mol. The maximum atomic E-state index is 6.00. The molecule has 1 N–H and O–H groups in total. The maximum absolute atomic E-state index is 6.00. The molecule has 0 saturated heterocycles. The van der Waals surface area contributed by atoms with Gasteiger partial charge in [0, 0.05) is 11.4 Å². The van der Waals surface area contributed by atoms with Crippen molar-refractivity contribution in [2.45, 2.75) is 27.3 Å². The molecule has 18 heavy (non-hydrogen) atoms. The number of aromatic nitrogens is 4. The maximum Gasteiger partial charge on any atom is 0.148 e. The molecule has 5 nitrogen and oxygen atoms in total. The molecule has 0 fully saturated rings. The minimum absolute atomic E-state index is 0.485. The van der Waals surface area contributed by atoms with Gasteiger partial charge in [0.1, 0.15) is 22.5 Å². The SMILES string of the molecule is Cc1cc(C)nc(CNc2nc(C)ncc2Cl)n1. The van der Waals surface area contributed by atoms with E-state index < -0.39 is 0 Å². The van der Waals surface area contributed by atoms with Crippen LogP contribution in [-0.4, -0.2) is 19.9 Å². The molecule has 2 rings (SSSR count). The predicted octanol–water partition coefficient (Wildman–Crippen LogP) is 2.46. The third-order valence-corrected chi connectivity index (χ3v) is 2.58. The Morgan fingerprint density at radius 3 is 2.44 bits per heavy atom. The Morgan fingerprint density at radius 1 is 1.11 bits per heavy atom. The fourth-order valence-electron chi connectivity index (χ4n) is 1.62. The molecule has 2 aromatic heterocycles. The Hall–Kier alpha value is -1.75. The van der Waals surface area contributed by atoms with Gasteiger partial charge in [-0.2, -0.15) is 0 Å². The van der Waals surface area contributed by atoms with Crippen molar-refractivity contribution in [1.29, 1.82) is 0 Å². The summed E-state index contributed by atoms with van der Waals surface area (Å²) in [4.78, 5) is 16.9. The molecule has 0 spiro atoms. The van der Waals surface area contributed by atoms with Crippen molar-refractivity contribution in [2.24, 2.45) is 0 Å². The molecule has 0 atom stereocenters. The first kappa shape index (κ1) is 12.7.